The molecule has 0 bridgehead atoms. The van der Waals surface area contributed by atoms with Gasteiger partial charge in [0.15, 0.2) is 23.0 Å². The van der Waals surface area contributed by atoms with Crippen LogP contribution in [0.2, 0.25) is 0 Å². The lowest BCUT2D eigenvalue weighted by Crippen LogP contribution is -2.23. The molecule has 0 aliphatic carbocycles. The van der Waals surface area contributed by atoms with Crippen molar-refractivity contribution in [2.45, 2.75) is 0 Å². The van der Waals surface area contributed by atoms with Crippen molar-refractivity contribution in [2.75, 3.05) is 26.2 Å². The van der Waals surface area contributed by atoms with Gasteiger partial charge in [-0.3, -0.25) is 10.4 Å². The number of fused-ring (bicyclic) bond motifs is 5. The maximum Gasteiger partial charge on any atom is 0.231 e. The second-order valence-electron chi connectivity index (χ2n) is 5.78. The van der Waals surface area contributed by atoms with Crippen molar-refractivity contribution in [3.05, 3.63) is 29.8 Å². The largest absolute Gasteiger partial charge is 0.545 e. The number of aromatic carboxylic acids is 1. The normalized spacial score (nSPS) is 12.4. The van der Waals surface area contributed by atoms with Crippen LogP contribution in [0.4, 0.5) is 5.69 Å². The molecule has 0 atom stereocenters. The van der Waals surface area contributed by atoms with Crippen molar-refractivity contribution in [1.82, 2.24) is 0 Å². The van der Waals surface area contributed by atoms with Gasteiger partial charge >= 0.3 is 0 Å². The van der Waals surface area contributed by atoms with Gasteiger partial charge in [-0.05, 0) is 29.7 Å². The molecule has 0 fully saturated rings. The molecule has 3 aromatic rings. The Hall–Kier alpha value is -3.43. The number of hydrogen-bond donors (Lipinski definition) is 2. The Morgan fingerprint density at radius 2 is 1.89 bits per heavy atom. The summed E-state index contributed by atoms with van der Waals surface area (Å²) in [5.74, 6) is -0.233. The van der Waals surface area contributed by atoms with Crippen LogP contribution in [0.25, 0.3) is 21.5 Å². The zero-order chi connectivity index (χ0) is 19.3. The van der Waals surface area contributed by atoms with E-state index in [0.29, 0.717) is 27.7 Å². The minimum atomic E-state index is -1.50. The molecule has 1 heterocycles. The Morgan fingerprint density at radius 1 is 1.11 bits per heavy atom. The monoisotopic (exact) mass is 372 g/mol. The quantitative estimate of drug-likeness (QED) is 0.520. The highest BCUT2D eigenvalue weighted by Gasteiger charge is 2.26. The molecule has 0 radical (unpaired) electrons. The number of methoxy groups -OCH3 is 2. The zero-order valence-corrected chi connectivity index (χ0v) is 14.3. The molecule has 1 aliphatic rings. The second-order valence-corrected chi connectivity index (χ2v) is 5.78. The van der Waals surface area contributed by atoms with Crippen LogP contribution < -0.4 is 29.3 Å². The molecule has 9 nitrogen and oxygen atoms in total. The molecule has 0 spiro atoms. The molecule has 0 amide bonds. The fourth-order valence-electron chi connectivity index (χ4n) is 3.41. The summed E-state index contributed by atoms with van der Waals surface area (Å²) in [6.07, 6.45) is 0. The summed E-state index contributed by atoms with van der Waals surface area (Å²) in [5.41, 5.74) is -0.462. The average molecular weight is 372 g/mol. The first kappa shape index (κ1) is 17.0. The molecule has 0 unspecified atom stereocenters. The minimum Gasteiger partial charge on any atom is -0.545 e. The Balaban J connectivity index is 2.30. The van der Waals surface area contributed by atoms with Gasteiger partial charge in [-0.2, -0.15) is 0 Å². The summed E-state index contributed by atoms with van der Waals surface area (Å²) in [6.45, 7) is -0.0953. The van der Waals surface area contributed by atoms with Crippen LogP contribution in [0.3, 0.4) is 0 Å². The molecule has 0 saturated carbocycles. The first-order valence-electron chi connectivity index (χ1n) is 7.81. The Kier molecular flexibility index (Phi) is 3.83. The van der Waals surface area contributed by atoms with Crippen LogP contribution in [0.15, 0.2) is 24.3 Å². The predicted molar refractivity (Wildman–Crippen MR) is 91.1 cm³/mol. The van der Waals surface area contributed by atoms with E-state index in [9.17, 15) is 20.3 Å². The summed E-state index contributed by atoms with van der Waals surface area (Å²) in [7, 11) is 2.91. The number of ether oxygens (including phenoxy) is 4. The van der Waals surface area contributed by atoms with Gasteiger partial charge in [-0.1, -0.05) is 0 Å². The third kappa shape index (κ3) is 2.36. The van der Waals surface area contributed by atoms with E-state index in [1.54, 1.807) is 12.1 Å². The van der Waals surface area contributed by atoms with E-state index in [-0.39, 0.29) is 40.2 Å². The van der Waals surface area contributed by atoms with Crippen LogP contribution in [-0.4, -0.2) is 37.4 Å². The lowest BCUT2D eigenvalue weighted by molar-refractivity contribution is -0.254. The topological polar surface area (TPSA) is 121 Å². The van der Waals surface area contributed by atoms with Gasteiger partial charge in [-0.25, -0.2) is 0 Å². The van der Waals surface area contributed by atoms with Crippen molar-refractivity contribution in [1.29, 1.82) is 0 Å². The molecule has 2 N–H and O–H groups in total. The summed E-state index contributed by atoms with van der Waals surface area (Å²) in [4.78, 5) is 11.7. The molecule has 4 rings (SSSR count). The average Bonchev–Trinajstić information content (AvgIpc) is 3.13. The summed E-state index contributed by atoms with van der Waals surface area (Å²) >= 11 is 0. The van der Waals surface area contributed by atoms with Gasteiger partial charge < -0.3 is 28.8 Å². The van der Waals surface area contributed by atoms with Crippen molar-refractivity contribution in [3.8, 4) is 23.0 Å². The molecular weight excluding hydrogens is 358 g/mol. The fourth-order valence-corrected chi connectivity index (χ4v) is 3.41. The number of hydrogen-bond acceptors (Lipinski definition) is 9. The van der Waals surface area contributed by atoms with E-state index in [1.165, 1.54) is 26.4 Å². The number of carboxylic acids is 1. The van der Waals surface area contributed by atoms with E-state index in [0.717, 1.165) is 0 Å². The minimum absolute atomic E-state index is 0.0315. The molecule has 0 saturated heterocycles. The van der Waals surface area contributed by atoms with Gasteiger partial charge in [0.2, 0.25) is 6.79 Å². The van der Waals surface area contributed by atoms with Gasteiger partial charge in [0.25, 0.3) is 0 Å². The highest BCUT2D eigenvalue weighted by atomic mass is 16.8. The van der Waals surface area contributed by atoms with Gasteiger partial charge in [0.1, 0.15) is 5.69 Å². The smallest absolute Gasteiger partial charge is 0.231 e. The Labute approximate surface area is 152 Å². The number of carbonyl (C=O) groups is 1. The zero-order valence-electron chi connectivity index (χ0n) is 14.3. The lowest BCUT2D eigenvalue weighted by Gasteiger charge is -2.20. The summed E-state index contributed by atoms with van der Waals surface area (Å²) < 4.78 is 21.6. The fraction of sp³-hybridized carbons (Fsp3) is 0.167. The second kappa shape index (κ2) is 6.08. The Bertz CT molecular complexity index is 1090. The first-order valence-corrected chi connectivity index (χ1v) is 7.81. The summed E-state index contributed by atoms with van der Waals surface area (Å²) in [5, 5.41) is 32.4. The molecule has 1 aliphatic heterocycles. The summed E-state index contributed by atoms with van der Waals surface area (Å²) in [6, 6.07) is 5.97. The van der Waals surface area contributed by atoms with E-state index >= 15 is 0 Å². The van der Waals surface area contributed by atoms with Gasteiger partial charge in [0.05, 0.1) is 20.2 Å². The molecule has 140 valence electrons. The SMILES string of the molecule is COc1ccc2c(cc(N(O)O)c3c(C(=O)[O-])cc4c(c32)OCO4)c1OC. The van der Waals surface area contributed by atoms with Crippen molar-refractivity contribution < 1.29 is 39.3 Å². The Morgan fingerprint density at radius 3 is 2.52 bits per heavy atom. The predicted octanol–water partition coefficient (Wildman–Crippen LogP) is 1.69. The van der Waals surface area contributed by atoms with Crippen molar-refractivity contribution in [2.24, 2.45) is 0 Å². The number of nitrogens with zero attached hydrogens (tertiary/aromatic N) is 1. The third-order valence-electron chi connectivity index (χ3n) is 4.49. The van der Waals surface area contributed by atoms with Gasteiger partial charge in [0, 0.05) is 21.7 Å². The standard InChI is InChI=1S/C18H15NO8/c1-24-12-4-3-8-9(16(12)25-2)5-11(19(22)23)14-10(18(20)21)6-13-17(15(8)14)27-7-26-13/h3-6,22-23H,7H2,1-2H3,(H,20,21)/p-1. The van der Waals surface area contributed by atoms with E-state index < -0.39 is 5.97 Å². The number of rotatable bonds is 4. The first-order chi connectivity index (χ1) is 13.0. The molecule has 3 aromatic carbocycles. The molecule has 27 heavy (non-hydrogen) atoms. The van der Waals surface area contributed by atoms with E-state index in [4.69, 9.17) is 18.9 Å². The van der Waals surface area contributed by atoms with Crippen LogP contribution in [0, 0.1) is 0 Å². The van der Waals surface area contributed by atoms with Gasteiger partial charge in [-0.15, -0.1) is 5.23 Å². The van der Waals surface area contributed by atoms with Crippen molar-refractivity contribution >= 4 is 33.2 Å². The highest BCUT2D eigenvalue weighted by Crippen LogP contribution is 2.50. The maximum absolute atomic E-state index is 11.7. The maximum atomic E-state index is 11.7. The molecule has 9 heteroatoms. The van der Waals surface area contributed by atoms with Crippen LogP contribution >= 0.6 is 0 Å². The van der Waals surface area contributed by atoms with Crippen molar-refractivity contribution in [3.63, 3.8) is 0 Å². The van der Waals surface area contributed by atoms with Crippen LogP contribution in [0.5, 0.6) is 23.0 Å². The molecular formula is C18H14NO8-. The highest BCUT2D eigenvalue weighted by molar-refractivity contribution is 6.23. The number of benzene rings is 3. The number of anilines is 1. The third-order valence-corrected chi connectivity index (χ3v) is 4.49. The van der Waals surface area contributed by atoms with Crippen LogP contribution in [0.1, 0.15) is 10.4 Å². The van der Waals surface area contributed by atoms with E-state index in [2.05, 4.69) is 0 Å². The molecule has 0 aromatic heterocycles. The van der Waals surface area contributed by atoms with E-state index in [1.807, 2.05) is 0 Å². The number of carboxylic acid groups (broad SMARTS) is 1. The number of carbonyl (C=O) groups excluding carboxylic acids is 1. The lowest BCUT2D eigenvalue weighted by atomic mass is 9.94. The van der Waals surface area contributed by atoms with Crippen LogP contribution in [-0.2, 0) is 0 Å².